The number of allylic oxidation sites excluding steroid dienone is 5. The van der Waals surface area contributed by atoms with Crippen LogP contribution in [0.25, 0.3) is 0 Å². The molecule has 0 aliphatic carbocycles. The second kappa shape index (κ2) is 13.7. The van der Waals surface area contributed by atoms with E-state index in [1.54, 1.807) is 52.5 Å². The molecule has 3 amide bonds. The average Bonchev–Trinajstić information content (AvgIpc) is 3.51. The Morgan fingerprint density at radius 2 is 1.48 bits per heavy atom. The maximum Gasteiger partial charge on any atom is 0.410 e. The first-order valence-corrected chi connectivity index (χ1v) is 13.9. The molecule has 0 aromatic rings. The van der Waals surface area contributed by atoms with Crippen LogP contribution in [0.2, 0.25) is 0 Å². The van der Waals surface area contributed by atoms with E-state index in [0.717, 1.165) is 12.8 Å². The molecule has 2 aliphatic heterocycles. The van der Waals surface area contributed by atoms with E-state index in [-0.39, 0.29) is 11.7 Å². The van der Waals surface area contributed by atoms with Crippen LogP contribution in [0.5, 0.6) is 0 Å². The zero-order chi connectivity index (χ0) is 30.3. The van der Waals surface area contributed by atoms with Crippen molar-refractivity contribution in [2.24, 2.45) is 10.7 Å². The maximum atomic E-state index is 13.6. The Morgan fingerprint density at radius 3 is 1.95 bits per heavy atom. The lowest BCUT2D eigenvalue weighted by atomic mass is 10.1. The normalized spacial score (nSPS) is 20.8. The standard InChI is InChI=1S/C30H47N5O5/c1-10-12-15-20(3)21(11-2)25(32-24(31)22-16-13-18-34(22)27(37)39-29(4,5)6)33-26(36)23-17-14-19-35(23)28(38)40-30(7,8)9/h11-12,15,22-23H,2-3,10,13-14,16-19H2,1,4-9H3,(H2,31,32)(H,33,36)/b15-12-,25-21+/t22-,23-/m0/s1. The van der Waals surface area contributed by atoms with E-state index in [4.69, 9.17) is 15.2 Å². The predicted octanol–water partition coefficient (Wildman–Crippen LogP) is 5.18. The molecule has 0 unspecified atom stereocenters. The number of carbonyl (C=O) groups excluding carboxylic acids is 3. The molecule has 0 spiro atoms. The monoisotopic (exact) mass is 557 g/mol. The highest BCUT2D eigenvalue weighted by Crippen LogP contribution is 2.25. The van der Waals surface area contributed by atoms with E-state index >= 15 is 0 Å². The van der Waals surface area contributed by atoms with Crippen LogP contribution in [0.3, 0.4) is 0 Å². The smallest absolute Gasteiger partial charge is 0.410 e. The summed E-state index contributed by atoms with van der Waals surface area (Å²) < 4.78 is 11.1. The first-order chi connectivity index (χ1) is 18.6. The number of nitrogens with zero attached hydrogens (tertiary/aromatic N) is 3. The van der Waals surface area contributed by atoms with Crippen LogP contribution < -0.4 is 11.1 Å². The number of hydrogen-bond donors (Lipinski definition) is 2. The summed E-state index contributed by atoms with van der Waals surface area (Å²) in [6, 6.07) is -1.24. The third-order valence-electron chi connectivity index (χ3n) is 6.25. The van der Waals surface area contributed by atoms with Gasteiger partial charge in [-0.15, -0.1) is 0 Å². The number of aliphatic imine (C=N–C) groups is 1. The van der Waals surface area contributed by atoms with Gasteiger partial charge in [0.25, 0.3) is 0 Å². The summed E-state index contributed by atoms with van der Waals surface area (Å²) in [6.45, 7) is 21.7. The van der Waals surface area contributed by atoms with Crippen LogP contribution in [0.15, 0.2) is 53.3 Å². The molecule has 2 rings (SSSR count). The third kappa shape index (κ3) is 9.27. The Morgan fingerprint density at radius 1 is 0.975 bits per heavy atom. The molecule has 2 fully saturated rings. The van der Waals surface area contributed by atoms with E-state index in [1.807, 2.05) is 19.1 Å². The average molecular weight is 558 g/mol. The molecule has 40 heavy (non-hydrogen) atoms. The van der Waals surface area contributed by atoms with E-state index in [0.29, 0.717) is 43.5 Å². The number of carbonyl (C=O) groups is 3. The number of ether oxygens (including phenoxy) is 2. The number of amidine groups is 1. The first-order valence-electron chi connectivity index (χ1n) is 13.9. The van der Waals surface area contributed by atoms with Gasteiger partial charge >= 0.3 is 12.2 Å². The highest BCUT2D eigenvalue weighted by Gasteiger charge is 2.38. The first kappa shape index (κ1) is 32.7. The number of amides is 3. The van der Waals surface area contributed by atoms with Crippen molar-refractivity contribution in [1.82, 2.24) is 15.1 Å². The molecule has 222 valence electrons. The number of likely N-dealkylation sites (tertiary alicyclic amines) is 2. The van der Waals surface area contributed by atoms with Gasteiger partial charge in [0.2, 0.25) is 5.91 Å². The Bertz CT molecular complexity index is 1080. The molecular formula is C30H47N5O5. The summed E-state index contributed by atoms with van der Waals surface area (Å²) in [7, 11) is 0. The Hall–Kier alpha value is -3.56. The van der Waals surface area contributed by atoms with Crippen LogP contribution in [0.1, 0.15) is 80.6 Å². The van der Waals surface area contributed by atoms with Crippen molar-refractivity contribution >= 4 is 23.9 Å². The summed E-state index contributed by atoms with van der Waals surface area (Å²) in [5, 5.41) is 2.87. The van der Waals surface area contributed by atoms with Crippen molar-refractivity contribution in [3.8, 4) is 0 Å². The summed E-state index contributed by atoms with van der Waals surface area (Å²) >= 11 is 0. The third-order valence-corrected chi connectivity index (χ3v) is 6.25. The molecule has 2 aliphatic rings. The van der Waals surface area contributed by atoms with Gasteiger partial charge in [0, 0.05) is 18.7 Å². The summed E-state index contributed by atoms with van der Waals surface area (Å²) in [5.41, 5.74) is 6.20. The van der Waals surface area contributed by atoms with Crippen molar-refractivity contribution in [1.29, 1.82) is 0 Å². The predicted molar refractivity (Wildman–Crippen MR) is 157 cm³/mol. The van der Waals surface area contributed by atoms with Gasteiger partial charge in [0.15, 0.2) is 0 Å². The summed E-state index contributed by atoms with van der Waals surface area (Å²) in [5.74, 6) is -0.118. The van der Waals surface area contributed by atoms with Gasteiger partial charge in [-0.25, -0.2) is 14.6 Å². The van der Waals surface area contributed by atoms with Crippen molar-refractivity contribution in [3.05, 3.63) is 48.4 Å². The second-order valence-electron chi connectivity index (χ2n) is 12.0. The van der Waals surface area contributed by atoms with Crippen molar-refractivity contribution in [2.75, 3.05) is 13.1 Å². The number of nitrogens with one attached hydrogen (secondary N) is 1. The van der Waals surface area contributed by atoms with Crippen LogP contribution in [0.4, 0.5) is 9.59 Å². The molecule has 10 heteroatoms. The fourth-order valence-corrected chi connectivity index (χ4v) is 4.48. The lowest BCUT2D eigenvalue weighted by molar-refractivity contribution is -0.124. The van der Waals surface area contributed by atoms with Gasteiger partial charge in [-0.1, -0.05) is 38.3 Å². The van der Waals surface area contributed by atoms with Crippen molar-refractivity contribution in [2.45, 2.75) is 104 Å². The van der Waals surface area contributed by atoms with E-state index in [9.17, 15) is 14.4 Å². The van der Waals surface area contributed by atoms with Gasteiger partial charge in [-0.3, -0.25) is 14.6 Å². The van der Waals surface area contributed by atoms with Gasteiger partial charge in [0.05, 0.1) is 6.04 Å². The molecule has 0 radical (unpaired) electrons. The SMILES string of the molecule is C=C/C(C(=C)/C=C\CC)=C(/N=C(\N)[C@@H]1CCCN1C(=O)OC(C)(C)C)NC(=O)[C@@H]1CCCN1C(=O)OC(C)(C)C. The van der Waals surface area contributed by atoms with E-state index in [1.165, 1.54) is 4.90 Å². The largest absolute Gasteiger partial charge is 0.444 e. The second-order valence-corrected chi connectivity index (χ2v) is 12.0. The number of nitrogens with two attached hydrogens (primary N) is 1. The number of hydrogen-bond acceptors (Lipinski definition) is 6. The minimum Gasteiger partial charge on any atom is -0.444 e. The van der Waals surface area contributed by atoms with Gasteiger partial charge < -0.3 is 20.5 Å². The molecule has 0 aromatic carbocycles. The topological polar surface area (TPSA) is 127 Å². The Kier molecular flexibility index (Phi) is 11.2. The van der Waals surface area contributed by atoms with Crippen LogP contribution in [-0.4, -0.2) is 70.1 Å². The molecule has 0 bridgehead atoms. The highest BCUT2D eigenvalue weighted by molar-refractivity contribution is 5.92. The fraction of sp³-hybridized carbons (Fsp3) is 0.600. The van der Waals surface area contributed by atoms with Crippen molar-refractivity contribution < 1.29 is 23.9 Å². The van der Waals surface area contributed by atoms with Crippen molar-refractivity contribution in [3.63, 3.8) is 0 Å². The maximum absolute atomic E-state index is 13.6. The quantitative estimate of drug-likeness (QED) is 0.241. The molecule has 2 saturated heterocycles. The molecular weight excluding hydrogens is 510 g/mol. The van der Waals surface area contributed by atoms with E-state index < -0.39 is 41.4 Å². The van der Waals surface area contributed by atoms with Gasteiger partial charge in [0.1, 0.15) is 28.9 Å². The molecule has 3 N–H and O–H groups in total. The molecule has 2 heterocycles. The molecule has 2 atom stereocenters. The highest BCUT2D eigenvalue weighted by atomic mass is 16.6. The molecule has 0 saturated carbocycles. The minimum atomic E-state index is -0.739. The van der Waals surface area contributed by atoms with Crippen LogP contribution >= 0.6 is 0 Å². The Labute approximate surface area is 239 Å². The van der Waals surface area contributed by atoms with Crippen LogP contribution in [-0.2, 0) is 14.3 Å². The Balaban J connectivity index is 2.43. The summed E-state index contributed by atoms with van der Waals surface area (Å²) in [6.07, 6.45) is 7.55. The lowest BCUT2D eigenvalue weighted by Crippen LogP contribution is -2.48. The zero-order valence-corrected chi connectivity index (χ0v) is 25.2. The molecule has 0 aromatic heterocycles. The fourth-order valence-electron chi connectivity index (χ4n) is 4.48. The molecule has 10 nitrogen and oxygen atoms in total. The van der Waals surface area contributed by atoms with Gasteiger partial charge in [-0.2, -0.15) is 0 Å². The van der Waals surface area contributed by atoms with E-state index in [2.05, 4.69) is 23.5 Å². The number of rotatable bonds is 8. The van der Waals surface area contributed by atoms with Gasteiger partial charge in [-0.05, 0) is 79.2 Å². The van der Waals surface area contributed by atoms with Crippen LogP contribution in [0, 0.1) is 0 Å². The summed E-state index contributed by atoms with van der Waals surface area (Å²) in [4.78, 5) is 46.8. The lowest BCUT2D eigenvalue weighted by Gasteiger charge is -2.29. The zero-order valence-electron chi connectivity index (χ0n) is 25.2. The minimum absolute atomic E-state index is 0.148.